The Morgan fingerprint density at radius 2 is 2.16 bits per heavy atom. The predicted octanol–water partition coefficient (Wildman–Crippen LogP) is 2.64. The fourth-order valence-corrected chi connectivity index (χ4v) is 3.96. The minimum absolute atomic E-state index is 0.0172. The smallest absolute Gasteiger partial charge is 0.251 e. The minimum atomic E-state index is -1.30. The molecule has 0 spiro atoms. The molecule has 2 fully saturated rings. The van der Waals surface area contributed by atoms with Crippen molar-refractivity contribution in [2.45, 2.75) is 69.7 Å². The fourth-order valence-electron chi connectivity index (χ4n) is 3.96. The number of nitrogens with zero attached hydrogens (tertiary/aromatic N) is 1. The Kier molecular flexibility index (Phi) is 5.35. The molecule has 1 aliphatic carbocycles. The van der Waals surface area contributed by atoms with Gasteiger partial charge in [-0.3, -0.25) is 9.69 Å². The Bertz CT molecular complexity index is 613. The average Bonchev–Trinajstić information content (AvgIpc) is 3.35. The zero-order chi connectivity index (χ0) is 18.0. The van der Waals surface area contributed by atoms with Gasteiger partial charge in [0.05, 0.1) is 13.2 Å². The Balaban J connectivity index is 1.81. The molecule has 2 aliphatic rings. The lowest BCUT2D eigenvalue weighted by atomic mass is 9.96. The van der Waals surface area contributed by atoms with E-state index < -0.39 is 5.60 Å². The maximum Gasteiger partial charge on any atom is 0.251 e. The molecular formula is C20H30N2O3. The highest BCUT2D eigenvalue weighted by molar-refractivity contribution is 5.84. The van der Waals surface area contributed by atoms with Crippen molar-refractivity contribution in [1.29, 1.82) is 0 Å². The van der Waals surface area contributed by atoms with Gasteiger partial charge in [-0.25, -0.2) is 0 Å². The van der Waals surface area contributed by atoms with Crippen LogP contribution >= 0.6 is 0 Å². The lowest BCUT2D eigenvalue weighted by Gasteiger charge is -2.31. The number of benzene rings is 1. The van der Waals surface area contributed by atoms with Gasteiger partial charge in [0.1, 0.15) is 11.4 Å². The summed E-state index contributed by atoms with van der Waals surface area (Å²) < 4.78 is 5.38. The van der Waals surface area contributed by atoms with Crippen LogP contribution in [-0.4, -0.2) is 47.3 Å². The van der Waals surface area contributed by atoms with E-state index in [1.54, 1.807) is 14.0 Å². The van der Waals surface area contributed by atoms with Gasteiger partial charge in [-0.05, 0) is 50.3 Å². The fraction of sp³-hybridized carbons (Fsp3) is 0.650. The standard InChI is InChI=1S/C20H30N2O3/c1-4-11-20(2,24)19(23)21-17-10-12-22(15-8-9-15)18(17)14-6-5-7-16(13-14)25-3/h5-7,13,15,17-18,24H,4,8-12H2,1-3H3,(H,21,23). The molecule has 5 heteroatoms. The summed E-state index contributed by atoms with van der Waals surface area (Å²) >= 11 is 0. The molecule has 1 amide bonds. The number of methoxy groups -OCH3 is 1. The number of aliphatic hydroxyl groups is 1. The number of likely N-dealkylation sites (tertiary alicyclic amines) is 1. The van der Waals surface area contributed by atoms with Gasteiger partial charge >= 0.3 is 0 Å². The van der Waals surface area contributed by atoms with Gasteiger partial charge in [0.2, 0.25) is 0 Å². The first-order valence-electron chi connectivity index (χ1n) is 9.39. The van der Waals surface area contributed by atoms with Crippen LogP contribution in [0.2, 0.25) is 0 Å². The molecule has 1 saturated heterocycles. The zero-order valence-corrected chi connectivity index (χ0v) is 15.5. The minimum Gasteiger partial charge on any atom is -0.497 e. The van der Waals surface area contributed by atoms with E-state index in [1.165, 1.54) is 18.4 Å². The molecule has 3 rings (SSSR count). The zero-order valence-electron chi connectivity index (χ0n) is 15.5. The van der Waals surface area contributed by atoms with Crippen molar-refractivity contribution in [3.8, 4) is 5.75 Å². The summed E-state index contributed by atoms with van der Waals surface area (Å²) in [6, 6.07) is 8.90. The summed E-state index contributed by atoms with van der Waals surface area (Å²) in [5.41, 5.74) is -0.134. The summed E-state index contributed by atoms with van der Waals surface area (Å²) in [6.45, 7) is 4.57. The Morgan fingerprint density at radius 1 is 1.40 bits per heavy atom. The molecule has 0 radical (unpaired) electrons. The van der Waals surface area contributed by atoms with E-state index in [4.69, 9.17) is 4.74 Å². The number of nitrogens with one attached hydrogen (secondary N) is 1. The molecule has 25 heavy (non-hydrogen) atoms. The van der Waals surface area contributed by atoms with Crippen LogP contribution in [0, 0.1) is 0 Å². The van der Waals surface area contributed by atoms with Gasteiger partial charge in [-0.15, -0.1) is 0 Å². The Hall–Kier alpha value is -1.59. The molecule has 1 heterocycles. The number of hydrogen-bond acceptors (Lipinski definition) is 4. The number of carbonyl (C=O) groups is 1. The van der Waals surface area contributed by atoms with Crippen molar-refractivity contribution >= 4 is 5.91 Å². The SMILES string of the molecule is CCCC(C)(O)C(=O)NC1CCN(C2CC2)C1c1cccc(OC)c1. The molecule has 138 valence electrons. The molecule has 3 atom stereocenters. The van der Waals surface area contributed by atoms with Crippen LogP contribution in [0.1, 0.15) is 57.6 Å². The van der Waals surface area contributed by atoms with Crippen LogP contribution in [0.15, 0.2) is 24.3 Å². The van der Waals surface area contributed by atoms with Crippen LogP contribution < -0.4 is 10.1 Å². The van der Waals surface area contributed by atoms with Crippen molar-refractivity contribution in [3.05, 3.63) is 29.8 Å². The normalized spacial score (nSPS) is 26.2. The van der Waals surface area contributed by atoms with E-state index in [2.05, 4.69) is 22.3 Å². The highest BCUT2D eigenvalue weighted by atomic mass is 16.5. The summed E-state index contributed by atoms with van der Waals surface area (Å²) in [5, 5.41) is 13.6. The molecule has 1 aliphatic heterocycles. The summed E-state index contributed by atoms with van der Waals surface area (Å²) in [7, 11) is 1.67. The number of hydrogen-bond donors (Lipinski definition) is 2. The molecule has 0 aromatic heterocycles. The monoisotopic (exact) mass is 346 g/mol. The number of carbonyl (C=O) groups excluding carboxylic acids is 1. The third-order valence-electron chi connectivity index (χ3n) is 5.43. The van der Waals surface area contributed by atoms with Gasteiger partial charge in [0.25, 0.3) is 5.91 Å². The molecule has 0 bridgehead atoms. The quantitative estimate of drug-likeness (QED) is 0.797. The van der Waals surface area contributed by atoms with Gasteiger partial charge in [0, 0.05) is 18.6 Å². The Labute approximate surface area is 150 Å². The van der Waals surface area contributed by atoms with Crippen molar-refractivity contribution in [2.24, 2.45) is 0 Å². The van der Waals surface area contributed by atoms with E-state index in [0.717, 1.165) is 25.1 Å². The van der Waals surface area contributed by atoms with Crippen LogP contribution in [0.4, 0.5) is 0 Å². The highest BCUT2D eigenvalue weighted by Crippen LogP contribution is 2.41. The second-order valence-corrected chi connectivity index (χ2v) is 7.58. The largest absolute Gasteiger partial charge is 0.497 e. The van der Waals surface area contributed by atoms with Gasteiger partial charge in [-0.1, -0.05) is 25.5 Å². The van der Waals surface area contributed by atoms with Crippen molar-refractivity contribution < 1.29 is 14.6 Å². The topological polar surface area (TPSA) is 61.8 Å². The molecule has 5 nitrogen and oxygen atoms in total. The van der Waals surface area contributed by atoms with Crippen LogP contribution in [0.25, 0.3) is 0 Å². The predicted molar refractivity (Wildman–Crippen MR) is 97.5 cm³/mol. The first kappa shape index (κ1) is 18.2. The van der Waals surface area contributed by atoms with Gasteiger partial charge < -0.3 is 15.2 Å². The van der Waals surface area contributed by atoms with Crippen molar-refractivity contribution in [3.63, 3.8) is 0 Å². The van der Waals surface area contributed by atoms with Gasteiger partial charge in [-0.2, -0.15) is 0 Å². The summed E-state index contributed by atoms with van der Waals surface area (Å²) in [4.78, 5) is 15.1. The number of rotatable bonds is 7. The highest BCUT2D eigenvalue weighted by Gasteiger charge is 2.44. The van der Waals surface area contributed by atoms with Crippen LogP contribution in [0.3, 0.4) is 0 Å². The lowest BCUT2D eigenvalue weighted by Crippen LogP contribution is -2.50. The molecule has 2 N–H and O–H groups in total. The van der Waals surface area contributed by atoms with Crippen molar-refractivity contribution in [1.82, 2.24) is 10.2 Å². The first-order chi connectivity index (χ1) is 12.0. The molecule has 1 aromatic carbocycles. The third kappa shape index (κ3) is 3.98. The van der Waals surface area contributed by atoms with Crippen LogP contribution in [0.5, 0.6) is 5.75 Å². The second-order valence-electron chi connectivity index (χ2n) is 7.58. The molecule has 1 aromatic rings. The maximum absolute atomic E-state index is 12.6. The summed E-state index contributed by atoms with van der Waals surface area (Å²) in [6.07, 6.45) is 4.62. The Morgan fingerprint density at radius 3 is 2.80 bits per heavy atom. The first-order valence-corrected chi connectivity index (χ1v) is 9.39. The molecule has 1 saturated carbocycles. The van der Waals surface area contributed by atoms with E-state index in [-0.39, 0.29) is 18.0 Å². The van der Waals surface area contributed by atoms with Crippen molar-refractivity contribution in [2.75, 3.05) is 13.7 Å². The average molecular weight is 346 g/mol. The maximum atomic E-state index is 12.6. The number of ether oxygens (including phenoxy) is 1. The van der Waals surface area contributed by atoms with Crippen LogP contribution in [-0.2, 0) is 4.79 Å². The third-order valence-corrected chi connectivity index (χ3v) is 5.43. The van der Waals surface area contributed by atoms with E-state index in [9.17, 15) is 9.90 Å². The van der Waals surface area contributed by atoms with E-state index in [0.29, 0.717) is 12.5 Å². The summed E-state index contributed by atoms with van der Waals surface area (Å²) in [5.74, 6) is 0.577. The molecule has 3 unspecified atom stereocenters. The molecular weight excluding hydrogens is 316 g/mol. The number of amides is 1. The van der Waals surface area contributed by atoms with E-state index in [1.807, 2.05) is 19.1 Å². The van der Waals surface area contributed by atoms with Gasteiger partial charge in [0.15, 0.2) is 0 Å². The van der Waals surface area contributed by atoms with E-state index >= 15 is 0 Å². The second kappa shape index (κ2) is 7.34. The lowest BCUT2D eigenvalue weighted by molar-refractivity contribution is -0.139.